The van der Waals surface area contributed by atoms with Gasteiger partial charge in [0.25, 0.3) is 5.91 Å². The van der Waals surface area contributed by atoms with Crippen LogP contribution in [0.25, 0.3) is 10.9 Å². The normalized spacial score (nSPS) is 10.9. The molecule has 9 heteroatoms. The van der Waals surface area contributed by atoms with Gasteiger partial charge in [-0.2, -0.15) is 5.10 Å². The monoisotopic (exact) mass is 479 g/mol. The first-order valence-electron chi connectivity index (χ1n) is 10.7. The van der Waals surface area contributed by atoms with Gasteiger partial charge in [0.1, 0.15) is 5.82 Å². The number of para-hydroxylation sites is 2. The number of nitrogens with two attached hydrogens (primary N) is 1. The molecule has 0 aliphatic carbocycles. The van der Waals surface area contributed by atoms with E-state index in [-0.39, 0.29) is 29.7 Å². The average molecular weight is 480 g/mol. The number of nitrogens with zero attached hydrogens (tertiary/aromatic N) is 3. The van der Waals surface area contributed by atoms with Crippen molar-refractivity contribution in [2.24, 2.45) is 5.73 Å². The molecule has 0 spiro atoms. The van der Waals surface area contributed by atoms with Crippen molar-refractivity contribution >= 4 is 40.0 Å². The molecule has 3 N–H and O–H groups in total. The Labute approximate surface area is 200 Å². The predicted molar refractivity (Wildman–Crippen MR) is 130 cm³/mol. The lowest BCUT2D eigenvalue weighted by Crippen LogP contribution is -2.38. The minimum absolute atomic E-state index is 0.0134. The maximum atomic E-state index is 14.1. The molecule has 4 rings (SSSR count). The number of amides is 2. The van der Waals surface area contributed by atoms with Gasteiger partial charge in [-0.05, 0) is 24.3 Å². The van der Waals surface area contributed by atoms with Crippen molar-refractivity contribution < 1.29 is 14.0 Å². The molecule has 0 aliphatic rings. The van der Waals surface area contributed by atoms with E-state index < -0.39 is 11.7 Å². The fourth-order valence-electron chi connectivity index (χ4n) is 3.74. The van der Waals surface area contributed by atoms with E-state index in [0.29, 0.717) is 24.0 Å². The standard InChI is InChI=1S/C25H23ClFN5O2/c26-20-11-6-7-17(23(20)27)15-29-22(33)16-31(18-8-2-1-3-9-18)13-14-32-21-12-5-4-10-19(21)24(30-32)25(28)34/h1-12H,13-16H2,(H2,28,34)(H,29,33). The van der Waals surface area contributed by atoms with Crippen molar-refractivity contribution in [2.45, 2.75) is 13.1 Å². The van der Waals surface area contributed by atoms with Crippen LogP contribution in [0, 0.1) is 5.82 Å². The van der Waals surface area contributed by atoms with Crippen LogP contribution in [0.2, 0.25) is 5.02 Å². The fourth-order valence-corrected chi connectivity index (χ4v) is 3.94. The molecule has 2 amide bonds. The summed E-state index contributed by atoms with van der Waals surface area (Å²) in [5, 5.41) is 7.84. The zero-order valence-corrected chi connectivity index (χ0v) is 19.0. The van der Waals surface area contributed by atoms with Gasteiger partial charge in [-0.25, -0.2) is 4.39 Å². The quantitative estimate of drug-likeness (QED) is 0.382. The predicted octanol–water partition coefficient (Wildman–Crippen LogP) is 3.75. The van der Waals surface area contributed by atoms with Gasteiger partial charge in [0.2, 0.25) is 5.91 Å². The number of fused-ring (bicyclic) bond motifs is 1. The highest BCUT2D eigenvalue weighted by Crippen LogP contribution is 2.20. The lowest BCUT2D eigenvalue weighted by molar-refractivity contribution is -0.119. The van der Waals surface area contributed by atoms with Crippen molar-refractivity contribution in [3.05, 3.63) is 94.9 Å². The van der Waals surface area contributed by atoms with E-state index in [2.05, 4.69) is 10.4 Å². The van der Waals surface area contributed by atoms with Crippen LogP contribution < -0.4 is 16.0 Å². The number of carbonyl (C=O) groups excluding carboxylic acids is 2. The van der Waals surface area contributed by atoms with Gasteiger partial charge in [-0.1, -0.05) is 60.1 Å². The number of benzene rings is 3. The number of rotatable bonds is 9. The van der Waals surface area contributed by atoms with Crippen LogP contribution in [0.5, 0.6) is 0 Å². The van der Waals surface area contributed by atoms with E-state index in [1.807, 2.05) is 53.4 Å². The minimum atomic E-state index is -0.595. The summed E-state index contributed by atoms with van der Waals surface area (Å²) in [6.07, 6.45) is 0. The van der Waals surface area contributed by atoms with Gasteiger partial charge in [0, 0.05) is 29.7 Å². The SMILES string of the molecule is NC(=O)c1nn(CCN(CC(=O)NCc2cccc(Cl)c2F)c2ccccc2)c2ccccc12. The second-order valence-corrected chi connectivity index (χ2v) is 8.11. The van der Waals surface area contributed by atoms with Gasteiger partial charge < -0.3 is 16.0 Å². The first-order valence-corrected chi connectivity index (χ1v) is 11.1. The summed E-state index contributed by atoms with van der Waals surface area (Å²) in [6.45, 7) is 0.930. The van der Waals surface area contributed by atoms with Gasteiger partial charge in [-0.3, -0.25) is 14.3 Å². The van der Waals surface area contributed by atoms with E-state index in [1.165, 1.54) is 6.07 Å². The number of aromatic nitrogens is 2. The first-order chi connectivity index (χ1) is 16.4. The largest absolute Gasteiger partial charge is 0.364 e. The van der Waals surface area contributed by atoms with Gasteiger partial charge in [0.05, 0.1) is 23.6 Å². The summed E-state index contributed by atoms with van der Waals surface area (Å²) < 4.78 is 15.9. The summed E-state index contributed by atoms with van der Waals surface area (Å²) in [5.74, 6) is -1.41. The van der Waals surface area contributed by atoms with Crippen LogP contribution >= 0.6 is 11.6 Å². The third kappa shape index (κ3) is 5.18. The zero-order chi connectivity index (χ0) is 24.1. The maximum Gasteiger partial charge on any atom is 0.269 e. The molecule has 0 bridgehead atoms. The minimum Gasteiger partial charge on any atom is -0.364 e. The number of hydrogen-bond donors (Lipinski definition) is 2. The molecule has 0 saturated heterocycles. The first kappa shape index (κ1) is 23.3. The molecule has 7 nitrogen and oxygen atoms in total. The lowest BCUT2D eigenvalue weighted by Gasteiger charge is -2.24. The Morgan fingerprint density at radius 2 is 1.76 bits per heavy atom. The Kier molecular flexibility index (Phi) is 7.08. The second-order valence-electron chi connectivity index (χ2n) is 7.70. The third-order valence-electron chi connectivity index (χ3n) is 5.44. The van der Waals surface area contributed by atoms with E-state index in [4.69, 9.17) is 17.3 Å². The Balaban J connectivity index is 1.49. The highest BCUT2D eigenvalue weighted by Gasteiger charge is 2.17. The summed E-state index contributed by atoms with van der Waals surface area (Å²) in [6, 6.07) is 21.5. The molecule has 0 unspecified atom stereocenters. The molecule has 0 saturated carbocycles. The van der Waals surface area contributed by atoms with Crippen molar-refractivity contribution in [2.75, 3.05) is 18.0 Å². The van der Waals surface area contributed by atoms with Crippen molar-refractivity contribution in [3.8, 4) is 0 Å². The Bertz CT molecular complexity index is 1330. The average Bonchev–Trinajstić information content (AvgIpc) is 3.22. The molecule has 0 aliphatic heterocycles. The third-order valence-corrected chi connectivity index (χ3v) is 5.73. The molecule has 0 atom stereocenters. The number of hydrogen-bond acceptors (Lipinski definition) is 4. The van der Waals surface area contributed by atoms with Gasteiger partial charge >= 0.3 is 0 Å². The number of anilines is 1. The van der Waals surface area contributed by atoms with Crippen LogP contribution in [-0.4, -0.2) is 34.7 Å². The van der Waals surface area contributed by atoms with Crippen molar-refractivity contribution in [1.82, 2.24) is 15.1 Å². The molecule has 0 radical (unpaired) electrons. The molecule has 4 aromatic rings. The topological polar surface area (TPSA) is 93.2 Å². The molecule has 34 heavy (non-hydrogen) atoms. The van der Waals surface area contributed by atoms with Crippen LogP contribution in [0.1, 0.15) is 16.1 Å². The summed E-state index contributed by atoms with van der Waals surface area (Å²) in [7, 11) is 0. The van der Waals surface area contributed by atoms with Crippen LogP contribution in [0.4, 0.5) is 10.1 Å². The van der Waals surface area contributed by atoms with Gasteiger partial charge in [0.15, 0.2) is 5.69 Å². The summed E-state index contributed by atoms with van der Waals surface area (Å²) in [5.41, 5.74) is 7.65. The number of halogens is 2. The molecule has 3 aromatic carbocycles. The molecular formula is C25H23ClFN5O2. The highest BCUT2D eigenvalue weighted by molar-refractivity contribution is 6.30. The smallest absolute Gasteiger partial charge is 0.269 e. The van der Waals surface area contributed by atoms with Crippen LogP contribution in [0.15, 0.2) is 72.8 Å². The Hall–Kier alpha value is -3.91. The van der Waals surface area contributed by atoms with E-state index in [1.54, 1.807) is 22.9 Å². The fraction of sp³-hybridized carbons (Fsp3) is 0.160. The summed E-state index contributed by atoms with van der Waals surface area (Å²) in [4.78, 5) is 26.4. The van der Waals surface area contributed by atoms with E-state index >= 15 is 0 Å². The van der Waals surface area contributed by atoms with Crippen LogP contribution in [0.3, 0.4) is 0 Å². The molecule has 0 fully saturated rings. The van der Waals surface area contributed by atoms with E-state index in [0.717, 1.165) is 11.2 Å². The number of carbonyl (C=O) groups is 2. The molecule has 1 aromatic heterocycles. The highest BCUT2D eigenvalue weighted by atomic mass is 35.5. The molecule has 174 valence electrons. The lowest BCUT2D eigenvalue weighted by atomic mass is 10.2. The van der Waals surface area contributed by atoms with Crippen molar-refractivity contribution in [1.29, 1.82) is 0 Å². The number of nitrogens with one attached hydrogen (secondary N) is 1. The molecule has 1 heterocycles. The number of primary amides is 1. The van der Waals surface area contributed by atoms with E-state index in [9.17, 15) is 14.0 Å². The second kappa shape index (κ2) is 10.4. The molecular weight excluding hydrogens is 457 g/mol. The van der Waals surface area contributed by atoms with Crippen molar-refractivity contribution in [3.63, 3.8) is 0 Å². The van der Waals surface area contributed by atoms with Crippen LogP contribution in [-0.2, 0) is 17.9 Å². The summed E-state index contributed by atoms with van der Waals surface area (Å²) >= 11 is 5.82. The zero-order valence-electron chi connectivity index (χ0n) is 18.2. The maximum absolute atomic E-state index is 14.1. The Morgan fingerprint density at radius 3 is 2.53 bits per heavy atom. The Morgan fingerprint density at radius 1 is 1.03 bits per heavy atom. The van der Waals surface area contributed by atoms with Gasteiger partial charge in [-0.15, -0.1) is 0 Å².